The Balaban J connectivity index is 2.47. The number of hydrogen-bond donors (Lipinski definition) is 0. The lowest BCUT2D eigenvalue weighted by atomic mass is 9.68. The summed E-state index contributed by atoms with van der Waals surface area (Å²) in [4.78, 5) is 0. The first-order valence-electron chi connectivity index (χ1n) is 5.11. The Hall–Kier alpha value is -0.770. The van der Waals surface area contributed by atoms with Gasteiger partial charge in [0.1, 0.15) is 0 Å². The summed E-state index contributed by atoms with van der Waals surface area (Å²) in [6.07, 6.45) is 5.74. The molecule has 0 aromatic heterocycles. The third-order valence-corrected chi connectivity index (χ3v) is 4.32. The molecule has 0 radical (unpaired) electrons. The smallest absolute Gasteiger partial charge is 0.0911 e. The molecule has 2 fully saturated rings. The van der Waals surface area contributed by atoms with Gasteiger partial charge in [0.05, 0.1) is 6.07 Å². The van der Waals surface area contributed by atoms with Gasteiger partial charge in [0, 0.05) is 6.08 Å². The monoisotopic (exact) mass is 175 g/mol. The maximum atomic E-state index is 8.78. The second-order valence-corrected chi connectivity index (χ2v) is 5.41. The lowest BCUT2D eigenvalue weighted by Crippen LogP contribution is -2.26. The van der Waals surface area contributed by atoms with Crippen LogP contribution in [0.25, 0.3) is 0 Å². The van der Waals surface area contributed by atoms with E-state index in [1.165, 1.54) is 24.8 Å². The van der Waals surface area contributed by atoms with Crippen LogP contribution >= 0.6 is 0 Å². The number of nitrogens with zero attached hydrogens (tertiary/aromatic N) is 1. The summed E-state index contributed by atoms with van der Waals surface area (Å²) in [7, 11) is 0. The van der Waals surface area contributed by atoms with E-state index in [1.54, 1.807) is 6.08 Å². The van der Waals surface area contributed by atoms with Crippen LogP contribution < -0.4 is 0 Å². The maximum absolute atomic E-state index is 8.78. The topological polar surface area (TPSA) is 23.8 Å². The fraction of sp³-hybridized carbons (Fsp3) is 0.750. The molecule has 0 aromatic carbocycles. The lowest BCUT2D eigenvalue weighted by Gasteiger charge is -2.36. The highest BCUT2D eigenvalue weighted by Gasteiger charge is 2.55. The molecule has 0 amide bonds. The molecule has 0 heterocycles. The molecule has 2 aliphatic carbocycles. The third-order valence-electron chi connectivity index (χ3n) is 4.32. The van der Waals surface area contributed by atoms with E-state index in [9.17, 15) is 0 Å². The van der Waals surface area contributed by atoms with Crippen molar-refractivity contribution in [3.05, 3.63) is 11.6 Å². The molecular formula is C12H17N. The SMILES string of the molecule is CC1(C)/C(=C\C#N)[C@]2(C)CC[C@H]1C2. The fourth-order valence-electron chi connectivity index (χ4n) is 3.52. The van der Waals surface area contributed by atoms with Crippen molar-refractivity contribution < 1.29 is 0 Å². The summed E-state index contributed by atoms with van der Waals surface area (Å²) in [5, 5.41) is 8.78. The molecular weight excluding hydrogens is 158 g/mol. The van der Waals surface area contributed by atoms with Crippen LogP contribution in [0.3, 0.4) is 0 Å². The van der Waals surface area contributed by atoms with Gasteiger partial charge in [-0.05, 0) is 41.6 Å². The normalized spacial score (nSPS) is 43.8. The van der Waals surface area contributed by atoms with Crippen molar-refractivity contribution in [1.29, 1.82) is 5.26 Å². The molecule has 0 spiro atoms. The largest absolute Gasteiger partial charge is 0.193 e. The van der Waals surface area contributed by atoms with E-state index in [4.69, 9.17) is 5.26 Å². The number of rotatable bonds is 0. The van der Waals surface area contributed by atoms with Gasteiger partial charge in [-0.15, -0.1) is 0 Å². The highest BCUT2D eigenvalue weighted by Crippen LogP contribution is 2.65. The zero-order valence-electron chi connectivity index (χ0n) is 8.72. The van der Waals surface area contributed by atoms with Gasteiger partial charge in [-0.3, -0.25) is 0 Å². The van der Waals surface area contributed by atoms with Crippen molar-refractivity contribution >= 4 is 0 Å². The van der Waals surface area contributed by atoms with Crippen molar-refractivity contribution in [2.75, 3.05) is 0 Å². The Bertz CT molecular complexity index is 299. The highest BCUT2D eigenvalue weighted by molar-refractivity contribution is 5.34. The van der Waals surface area contributed by atoms with Gasteiger partial charge in [-0.25, -0.2) is 0 Å². The van der Waals surface area contributed by atoms with Gasteiger partial charge in [0.2, 0.25) is 0 Å². The molecule has 70 valence electrons. The van der Waals surface area contributed by atoms with Crippen LogP contribution in [0.2, 0.25) is 0 Å². The molecule has 2 atom stereocenters. The minimum absolute atomic E-state index is 0.280. The van der Waals surface area contributed by atoms with E-state index >= 15 is 0 Å². The fourth-order valence-corrected chi connectivity index (χ4v) is 3.52. The van der Waals surface area contributed by atoms with Gasteiger partial charge >= 0.3 is 0 Å². The van der Waals surface area contributed by atoms with Gasteiger partial charge in [0.15, 0.2) is 0 Å². The zero-order valence-corrected chi connectivity index (χ0v) is 8.72. The molecule has 0 unspecified atom stereocenters. The zero-order chi connectivity index (χ0) is 9.69. The summed E-state index contributed by atoms with van der Waals surface area (Å²) in [6.45, 7) is 6.92. The van der Waals surface area contributed by atoms with Crippen LogP contribution in [-0.2, 0) is 0 Å². The minimum Gasteiger partial charge on any atom is -0.193 e. The Labute approximate surface area is 80.4 Å². The first-order valence-corrected chi connectivity index (χ1v) is 5.11. The quantitative estimate of drug-likeness (QED) is 0.518. The summed E-state index contributed by atoms with van der Waals surface area (Å²) < 4.78 is 0. The van der Waals surface area contributed by atoms with Crippen LogP contribution in [0.15, 0.2) is 11.6 Å². The number of nitriles is 1. The lowest BCUT2D eigenvalue weighted by molar-refractivity contribution is 0.274. The molecule has 2 bridgehead atoms. The first-order chi connectivity index (χ1) is 6.00. The van der Waals surface area contributed by atoms with Gasteiger partial charge in [-0.1, -0.05) is 20.8 Å². The van der Waals surface area contributed by atoms with Crippen LogP contribution in [0.4, 0.5) is 0 Å². The Morgan fingerprint density at radius 1 is 1.46 bits per heavy atom. The predicted octanol–water partition coefficient (Wildman–Crippen LogP) is 3.28. The van der Waals surface area contributed by atoms with Crippen molar-refractivity contribution in [2.45, 2.75) is 40.0 Å². The molecule has 2 rings (SSSR count). The van der Waals surface area contributed by atoms with Crippen LogP contribution in [0, 0.1) is 28.1 Å². The Morgan fingerprint density at radius 2 is 2.15 bits per heavy atom. The molecule has 1 heteroatoms. The summed E-state index contributed by atoms with van der Waals surface area (Å²) in [5.74, 6) is 0.817. The van der Waals surface area contributed by atoms with Gasteiger partial charge in [0.25, 0.3) is 0 Å². The molecule has 1 nitrogen and oxygen atoms in total. The van der Waals surface area contributed by atoms with E-state index in [2.05, 4.69) is 26.8 Å². The molecule has 0 aliphatic heterocycles. The van der Waals surface area contributed by atoms with Crippen molar-refractivity contribution in [3.63, 3.8) is 0 Å². The molecule has 0 aromatic rings. The van der Waals surface area contributed by atoms with E-state index in [-0.39, 0.29) is 5.41 Å². The molecule has 13 heavy (non-hydrogen) atoms. The Morgan fingerprint density at radius 3 is 2.62 bits per heavy atom. The van der Waals surface area contributed by atoms with Crippen molar-refractivity contribution in [2.24, 2.45) is 16.7 Å². The van der Waals surface area contributed by atoms with Crippen LogP contribution in [0.5, 0.6) is 0 Å². The Kier molecular flexibility index (Phi) is 1.61. The second-order valence-electron chi connectivity index (χ2n) is 5.41. The molecule has 2 aliphatic rings. The minimum atomic E-state index is 0.280. The number of fused-ring (bicyclic) bond motifs is 2. The second kappa shape index (κ2) is 2.38. The molecule has 0 N–H and O–H groups in total. The summed E-state index contributed by atoms with van der Waals surface area (Å²) in [6, 6.07) is 2.21. The molecule has 0 saturated heterocycles. The maximum Gasteiger partial charge on any atom is 0.0911 e. The van der Waals surface area contributed by atoms with E-state index in [0.29, 0.717) is 5.41 Å². The average molecular weight is 175 g/mol. The number of allylic oxidation sites excluding steroid dienone is 2. The average Bonchev–Trinajstić information content (AvgIpc) is 2.50. The summed E-state index contributed by atoms with van der Waals surface area (Å²) in [5.41, 5.74) is 2.03. The first kappa shape index (κ1) is 8.81. The standard InChI is InChI=1S/C12H17N/c1-11(2)9-4-6-12(3,8-9)10(11)5-7-13/h5,9H,4,6,8H2,1-3H3/b10-5+/t9-,12+/m0/s1. The van der Waals surface area contributed by atoms with Crippen LogP contribution in [0.1, 0.15) is 40.0 Å². The summed E-state index contributed by atoms with van der Waals surface area (Å²) >= 11 is 0. The van der Waals surface area contributed by atoms with E-state index < -0.39 is 0 Å². The highest BCUT2D eigenvalue weighted by atomic mass is 14.6. The van der Waals surface area contributed by atoms with Crippen molar-refractivity contribution in [1.82, 2.24) is 0 Å². The van der Waals surface area contributed by atoms with E-state index in [1.807, 2.05) is 0 Å². The van der Waals surface area contributed by atoms with Crippen LogP contribution in [-0.4, -0.2) is 0 Å². The third kappa shape index (κ3) is 0.981. The predicted molar refractivity (Wildman–Crippen MR) is 52.9 cm³/mol. The van der Waals surface area contributed by atoms with Gasteiger partial charge in [-0.2, -0.15) is 5.26 Å². The number of hydrogen-bond acceptors (Lipinski definition) is 1. The van der Waals surface area contributed by atoms with Gasteiger partial charge < -0.3 is 0 Å². The van der Waals surface area contributed by atoms with Crippen molar-refractivity contribution in [3.8, 4) is 6.07 Å². The molecule has 2 saturated carbocycles. The van der Waals surface area contributed by atoms with E-state index in [0.717, 1.165) is 5.92 Å².